The van der Waals surface area contributed by atoms with Crippen LogP contribution in [-0.4, -0.2) is 20.0 Å². The van der Waals surface area contributed by atoms with Gasteiger partial charge in [-0.1, -0.05) is 29.3 Å². The van der Waals surface area contributed by atoms with Gasteiger partial charge in [-0.2, -0.15) is 13.2 Å². The lowest BCUT2D eigenvalue weighted by Gasteiger charge is -2.18. The van der Waals surface area contributed by atoms with Crippen molar-refractivity contribution in [2.45, 2.75) is 12.6 Å². The summed E-state index contributed by atoms with van der Waals surface area (Å²) >= 11 is 11.8. The van der Waals surface area contributed by atoms with E-state index < -0.39 is 17.6 Å². The van der Waals surface area contributed by atoms with Gasteiger partial charge in [-0.3, -0.25) is 4.79 Å². The summed E-state index contributed by atoms with van der Waals surface area (Å²) < 4.78 is 39.8. The van der Waals surface area contributed by atoms with Crippen LogP contribution in [0.15, 0.2) is 36.4 Å². The van der Waals surface area contributed by atoms with Crippen molar-refractivity contribution >= 4 is 40.5 Å². The average Bonchev–Trinajstić information content (AvgIpc) is 2.49. The van der Waals surface area contributed by atoms with Gasteiger partial charge in [0.05, 0.1) is 17.7 Å². The molecule has 0 unspecified atom stereocenters. The minimum absolute atomic E-state index is 0.164. The normalized spacial score (nSPS) is 11.3. The second-order valence-electron chi connectivity index (χ2n) is 5.58. The van der Waals surface area contributed by atoms with Gasteiger partial charge in [-0.15, -0.1) is 0 Å². The fraction of sp³-hybridized carbons (Fsp3) is 0.235. The monoisotopic (exact) mass is 390 g/mol. The molecule has 0 atom stereocenters. The van der Waals surface area contributed by atoms with E-state index in [0.29, 0.717) is 16.3 Å². The Morgan fingerprint density at radius 2 is 1.80 bits per heavy atom. The minimum Gasteiger partial charge on any atom is -0.378 e. The maximum Gasteiger partial charge on any atom is 0.418 e. The maximum absolute atomic E-state index is 13.3. The number of rotatable bonds is 4. The summed E-state index contributed by atoms with van der Waals surface area (Å²) in [5.74, 6) is -0.604. The zero-order valence-electron chi connectivity index (χ0n) is 13.4. The molecule has 0 bridgehead atoms. The van der Waals surface area contributed by atoms with Gasteiger partial charge < -0.3 is 10.2 Å². The van der Waals surface area contributed by atoms with E-state index in [1.54, 1.807) is 31.1 Å². The molecule has 2 aromatic carbocycles. The number of nitrogens with zero attached hydrogens (tertiary/aromatic N) is 1. The van der Waals surface area contributed by atoms with Gasteiger partial charge in [-0.05, 0) is 35.9 Å². The van der Waals surface area contributed by atoms with E-state index >= 15 is 0 Å². The first-order valence-corrected chi connectivity index (χ1v) is 7.96. The Bertz CT molecular complexity index is 792. The van der Waals surface area contributed by atoms with Crippen molar-refractivity contribution in [1.29, 1.82) is 0 Å². The third kappa shape index (κ3) is 5.03. The molecule has 0 spiro atoms. The van der Waals surface area contributed by atoms with Gasteiger partial charge >= 0.3 is 6.18 Å². The Morgan fingerprint density at radius 1 is 1.12 bits per heavy atom. The number of nitrogens with one attached hydrogen (secondary N) is 1. The second kappa shape index (κ2) is 7.54. The number of hydrogen-bond donors (Lipinski definition) is 1. The van der Waals surface area contributed by atoms with Crippen LogP contribution < -0.4 is 10.2 Å². The van der Waals surface area contributed by atoms with Crippen molar-refractivity contribution in [3.8, 4) is 0 Å². The first kappa shape index (κ1) is 19.4. The first-order valence-electron chi connectivity index (χ1n) is 7.20. The topological polar surface area (TPSA) is 32.3 Å². The van der Waals surface area contributed by atoms with Crippen LogP contribution in [0.4, 0.5) is 24.5 Å². The van der Waals surface area contributed by atoms with E-state index in [0.717, 1.165) is 6.07 Å². The molecular formula is C17H15Cl2F3N2O. The van der Waals surface area contributed by atoms with Crippen LogP contribution in [-0.2, 0) is 17.4 Å². The fourth-order valence-electron chi connectivity index (χ4n) is 2.19. The van der Waals surface area contributed by atoms with Crippen molar-refractivity contribution in [2.24, 2.45) is 0 Å². The molecule has 0 aromatic heterocycles. The molecule has 25 heavy (non-hydrogen) atoms. The molecule has 0 heterocycles. The number of hydrogen-bond acceptors (Lipinski definition) is 2. The molecule has 0 aliphatic rings. The minimum atomic E-state index is -4.59. The first-order chi connectivity index (χ1) is 11.6. The van der Waals surface area contributed by atoms with E-state index in [4.69, 9.17) is 23.2 Å². The SMILES string of the molecule is CN(C)c1ccc(NC(=O)Cc2ccc(Cl)cc2Cl)c(C(F)(F)F)c1. The van der Waals surface area contributed by atoms with Crippen LogP contribution in [0, 0.1) is 0 Å². The molecular weight excluding hydrogens is 376 g/mol. The van der Waals surface area contributed by atoms with Crippen molar-refractivity contribution in [1.82, 2.24) is 0 Å². The standard InChI is InChI=1S/C17H15Cl2F3N2O/c1-24(2)12-5-6-15(13(9-12)17(20,21)22)23-16(25)7-10-3-4-11(18)8-14(10)19/h3-6,8-9H,7H2,1-2H3,(H,23,25). The Kier molecular flexibility index (Phi) is 5.85. The summed E-state index contributed by atoms with van der Waals surface area (Å²) in [6, 6.07) is 8.32. The Balaban J connectivity index is 2.25. The zero-order chi connectivity index (χ0) is 18.8. The number of anilines is 2. The summed E-state index contributed by atoms with van der Waals surface area (Å²) in [5.41, 5.74) is -0.351. The molecule has 0 aliphatic carbocycles. The molecule has 8 heteroatoms. The lowest BCUT2D eigenvalue weighted by atomic mass is 10.1. The number of halogens is 5. The summed E-state index contributed by atoms with van der Waals surface area (Å²) in [4.78, 5) is 13.7. The van der Waals surface area contributed by atoms with E-state index in [-0.39, 0.29) is 17.1 Å². The van der Waals surface area contributed by atoms with E-state index in [9.17, 15) is 18.0 Å². The highest BCUT2D eigenvalue weighted by atomic mass is 35.5. The summed E-state index contributed by atoms with van der Waals surface area (Å²) in [6.07, 6.45) is -4.75. The number of carbonyl (C=O) groups is 1. The molecule has 1 N–H and O–H groups in total. The Hall–Kier alpha value is -1.92. The Labute approximate surface area is 153 Å². The molecule has 2 aromatic rings. The molecule has 0 aliphatic heterocycles. The largest absolute Gasteiger partial charge is 0.418 e. The molecule has 0 fully saturated rings. The predicted octanol–water partition coefficient (Wildman–Crippen LogP) is 5.26. The van der Waals surface area contributed by atoms with Gasteiger partial charge in [0, 0.05) is 29.8 Å². The number of alkyl halides is 3. The van der Waals surface area contributed by atoms with Crippen LogP contribution >= 0.6 is 23.2 Å². The van der Waals surface area contributed by atoms with Gasteiger partial charge in [0.1, 0.15) is 0 Å². The highest BCUT2D eigenvalue weighted by Gasteiger charge is 2.34. The molecule has 0 saturated carbocycles. The molecule has 0 saturated heterocycles. The molecule has 134 valence electrons. The highest BCUT2D eigenvalue weighted by Crippen LogP contribution is 2.37. The van der Waals surface area contributed by atoms with E-state index in [1.165, 1.54) is 18.2 Å². The van der Waals surface area contributed by atoms with Crippen molar-refractivity contribution in [3.63, 3.8) is 0 Å². The third-order valence-corrected chi connectivity index (χ3v) is 4.05. The van der Waals surface area contributed by atoms with Gasteiger partial charge in [0.15, 0.2) is 0 Å². The molecule has 0 radical (unpaired) electrons. The van der Waals surface area contributed by atoms with Gasteiger partial charge in [0.2, 0.25) is 5.91 Å². The quantitative estimate of drug-likeness (QED) is 0.771. The van der Waals surface area contributed by atoms with Gasteiger partial charge in [0.25, 0.3) is 0 Å². The maximum atomic E-state index is 13.3. The molecule has 3 nitrogen and oxygen atoms in total. The fourth-order valence-corrected chi connectivity index (χ4v) is 2.66. The van der Waals surface area contributed by atoms with Crippen LogP contribution in [0.1, 0.15) is 11.1 Å². The smallest absolute Gasteiger partial charge is 0.378 e. The second-order valence-corrected chi connectivity index (χ2v) is 6.43. The van der Waals surface area contributed by atoms with Crippen LogP contribution in [0.2, 0.25) is 10.0 Å². The summed E-state index contributed by atoms with van der Waals surface area (Å²) in [6.45, 7) is 0. The van der Waals surface area contributed by atoms with Crippen LogP contribution in [0.25, 0.3) is 0 Å². The molecule has 1 amide bonds. The number of benzene rings is 2. The third-order valence-electron chi connectivity index (χ3n) is 3.47. The number of carbonyl (C=O) groups excluding carboxylic acids is 1. The highest BCUT2D eigenvalue weighted by molar-refractivity contribution is 6.35. The zero-order valence-corrected chi connectivity index (χ0v) is 14.9. The Morgan fingerprint density at radius 3 is 2.36 bits per heavy atom. The van der Waals surface area contributed by atoms with Crippen molar-refractivity contribution in [2.75, 3.05) is 24.3 Å². The summed E-state index contributed by atoms with van der Waals surface area (Å²) in [7, 11) is 3.27. The van der Waals surface area contributed by atoms with Crippen LogP contribution in [0.3, 0.4) is 0 Å². The lowest BCUT2D eigenvalue weighted by molar-refractivity contribution is -0.136. The van der Waals surface area contributed by atoms with Crippen LogP contribution in [0.5, 0.6) is 0 Å². The predicted molar refractivity (Wildman–Crippen MR) is 94.6 cm³/mol. The van der Waals surface area contributed by atoms with Crippen molar-refractivity contribution in [3.05, 3.63) is 57.6 Å². The molecule has 2 rings (SSSR count). The van der Waals surface area contributed by atoms with E-state index in [1.807, 2.05) is 0 Å². The summed E-state index contributed by atoms with van der Waals surface area (Å²) in [5, 5.41) is 2.99. The lowest BCUT2D eigenvalue weighted by Crippen LogP contribution is -2.19. The van der Waals surface area contributed by atoms with Crippen molar-refractivity contribution < 1.29 is 18.0 Å². The van der Waals surface area contributed by atoms with Gasteiger partial charge in [-0.25, -0.2) is 0 Å². The van der Waals surface area contributed by atoms with E-state index in [2.05, 4.69) is 5.32 Å². The average molecular weight is 391 g/mol. The number of amides is 1.